The molecule has 0 aliphatic carbocycles. The van der Waals surface area contributed by atoms with Crippen LogP contribution >= 0.6 is 34.5 Å². The molecule has 0 saturated heterocycles. The minimum Gasteiger partial charge on any atom is -0.478 e. The van der Waals surface area contributed by atoms with Gasteiger partial charge in [0.25, 0.3) is 0 Å². The van der Waals surface area contributed by atoms with E-state index < -0.39 is 11.8 Å². The van der Waals surface area contributed by atoms with Crippen LogP contribution in [-0.4, -0.2) is 16.9 Å². The van der Waals surface area contributed by atoms with E-state index in [0.717, 1.165) is 11.3 Å². The van der Waals surface area contributed by atoms with E-state index in [4.69, 9.17) is 28.9 Å². The number of carboxylic acids is 1. The SMILES string of the molecule is Nc1c(C(=O)c2ccc(Cl)cc2Cl)sc(Nc2ccccc2)c1C(=O)O. The van der Waals surface area contributed by atoms with Gasteiger partial charge in [0.05, 0.1) is 10.7 Å². The second-order valence-electron chi connectivity index (χ2n) is 5.30. The molecule has 0 aliphatic rings. The second-order valence-corrected chi connectivity index (χ2v) is 7.16. The van der Waals surface area contributed by atoms with Crippen molar-refractivity contribution in [3.05, 3.63) is 74.6 Å². The van der Waals surface area contributed by atoms with Crippen LogP contribution in [0.1, 0.15) is 25.6 Å². The van der Waals surface area contributed by atoms with Crippen molar-refractivity contribution in [1.82, 2.24) is 0 Å². The third-order valence-corrected chi connectivity index (χ3v) is 5.24. The zero-order valence-electron chi connectivity index (χ0n) is 13.1. The average Bonchev–Trinajstić information content (AvgIpc) is 2.91. The van der Waals surface area contributed by atoms with Crippen LogP contribution in [0.3, 0.4) is 0 Å². The van der Waals surface area contributed by atoms with E-state index in [1.807, 2.05) is 6.07 Å². The number of hydrogen-bond donors (Lipinski definition) is 3. The Morgan fingerprint density at radius 3 is 2.38 bits per heavy atom. The fourth-order valence-corrected chi connectivity index (χ4v) is 3.94. The van der Waals surface area contributed by atoms with Crippen molar-refractivity contribution >= 4 is 62.7 Å². The molecule has 3 rings (SSSR count). The first-order valence-electron chi connectivity index (χ1n) is 7.36. The van der Waals surface area contributed by atoms with Gasteiger partial charge < -0.3 is 16.2 Å². The molecule has 0 bridgehead atoms. The van der Waals surface area contributed by atoms with Gasteiger partial charge in [0.15, 0.2) is 0 Å². The number of anilines is 3. The summed E-state index contributed by atoms with van der Waals surface area (Å²) in [5.41, 5.74) is 6.61. The molecule has 0 fully saturated rings. The molecule has 1 aromatic heterocycles. The Morgan fingerprint density at radius 1 is 1.08 bits per heavy atom. The highest BCUT2D eigenvalue weighted by Gasteiger charge is 2.27. The molecule has 1 heterocycles. The topological polar surface area (TPSA) is 92.4 Å². The molecule has 2 aromatic carbocycles. The number of ketones is 1. The summed E-state index contributed by atoms with van der Waals surface area (Å²) in [6.45, 7) is 0. The number of thiophene rings is 1. The standard InChI is InChI=1S/C18H12Cl2N2O3S/c19-9-6-7-11(12(20)8-9)15(23)16-14(21)13(18(24)25)17(26-16)22-10-4-2-1-3-5-10/h1-8,22H,21H2,(H,24,25). The minimum absolute atomic E-state index is 0.100. The van der Waals surface area contributed by atoms with E-state index in [2.05, 4.69) is 5.32 Å². The lowest BCUT2D eigenvalue weighted by Crippen LogP contribution is -2.06. The fourth-order valence-electron chi connectivity index (χ4n) is 2.36. The number of aromatic carboxylic acids is 1. The smallest absolute Gasteiger partial charge is 0.340 e. The van der Waals surface area contributed by atoms with Gasteiger partial charge in [-0.3, -0.25) is 4.79 Å². The highest BCUT2D eigenvalue weighted by molar-refractivity contribution is 7.19. The molecule has 0 saturated carbocycles. The highest BCUT2D eigenvalue weighted by atomic mass is 35.5. The van der Waals surface area contributed by atoms with E-state index in [-0.39, 0.29) is 31.7 Å². The number of rotatable bonds is 5. The van der Waals surface area contributed by atoms with Crippen molar-refractivity contribution in [3.8, 4) is 0 Å². The molecule has 0 unspecified atom stereocenters. The van der Waals surface area contributed by atoms with Crippen LogP contribution in [0.5, 0.6) is 0 Å². The van der Waals surface area contributed by atoms with E-state index >= 15 is 0 Å². The number of nitrogen functional groups attached to an aromatic ring is 1. The van der Waals surface area contributed by atoms with Crippen LogP contribution < -0.4 is 11.1 Å². The summed E-state index contributed by atoms with van der Waals surface area (Å²) >= 11 is 12.9. The molecule has 0 amide bonds. The van der Waals surface area contributed by atoms with E-state index in [0.29, 0.717) is 10.7 Å². The minimum atomic E-state index is -1.22. The first-order valence-corrected chi connectivity index (χ1v) is 8.93. The van der Waals surface area contributed by atoms with Crippen LogP contribution in [-0.2, 0) is 0 Å². The normalized spacial score (nSPS) is 10.5. The summed E-state index contributed by atoms with van der Waals surface area (Å²) in [6.07, 6.45) is 0. The molecule has 3 aromatic rings. The third kappa shape index (κ3) is 3.53. The van der Waals surface area contributed by atoms with Crippen LogP contribution in [0.15, 0.2) is 48.5 Å². The quantitative estimate of drug-likeness (QED) is 0.499. The Hall–Kier alpha value is -2.54. The van der Waals surface area contributed by atoms with E-state index in [9.17, 15) is 14.7 Å². The van der Waals surface area contributed by atoms with Crippen molar-refractivity contribution in [2.75, 3.05) is 11.1 Å². The molecule has 0 spiro atoms. The van der Waals surface area contributed by atoms with Crippen molar-refractivity contribution in [1.29, 1.82) is 0 Å². The molecule has 26 heavy (non-hydrogen) atoms. The predicted molar refractivity (Wildman–Crippen MR) is 105 cm³/mol. The first-order chi connectivity index (χ1) is 12.4. The van der Waals surface area contributed by atoms with Gasteiger partial charge in [0.1, 0.15) is 15.4 Å². The van der Waals surface area contributed by atoms with Gasteiger partial charge in [-0.25, -0.2) is 4.79 Å². The Labute approximate surface area is 163 Å². The maximum atomic E-state index is 12.8. The lowest BCUT2D eigenvalue weighted by Gasteiger charge is -2.04. The maximum absolute atomic E-state index is 12.8. The average molecular weight is 407 g/mol. The van der Waals surface area contributed by atoms with Crippen LogP contribution in [0.4, 0.5) is 16.4 Å². The maximum Gasteiger partial charge on any atom is 0.340 e. The van der Waals surface area contributed by atoms with Gasteiger partial charge in [0.2, 0.25) is 5.78 Å². The van der Waals surface area contributed by atoms with E-state index in [1.165, 1.54) is 18.2 Å². The third-order valence-electron chi connectivity index (χ3n) is 3.57. The van der Waals surface area contributed by atoms with Gasteiger partial charge in [0, 0.05) is 16.3 Å². The van der Waals surface area contributed by atoms with Gasteiger partial charge in [-0.15, -0.1) is 11.3 Å². The molecule has 4 N–H and O–H groups in total. The number of benzene rings is 2. The molecule has 132 valence electrons. The zero-order chi connectivity index (χ0) is 18.8. The molecule has 0 aliphatic heterocycles. The van der Waals surface area contributed by atoms with Crippen LogP contribution in [0.2, 0.25) is 10.0 Å². The van der Waals surface area contributed by atoms with Gasteiger partial charge in [-0.1, -0.05) is 41.4 Å². The summed E-state index contributed by atoms with van der Waals surface area (Å²) in [7, 11) is 0. The predicted octanol–water partition coefficient (Wildman–Crippen LogP) is 5.31. The molecule has 0 radical (unpaired) electrons. The van der Waals surface area contributed by atoms with E-state index in [1.54, 1.807) is 24.3 Å². The molecule has 8 heteroatoms. The Balaban J connectivity index is 2.06. The Kier molecular flexibility index (Phi) is 5.18. The van der Waals surface area contributed by atoms with Gasteiger partial charge in [-0.2, -0.15) is 0 Å². The number of hydrogen-bond acceptors (Lipinski definition) is 5. The summed E-state index contributed by atoms with van der Waals surface area (Å²) in [5, 5.41) is 13.3. The summed E-state index contributed by atoms with van der Waals surface area (Å²) in [6, 6.07) is 13.5. The van der Waals surface area contributed by atoms with Gasteiger partial charge >= 0.3 is 5.97 Å². The number of carbonyl (C=O) groups excluding carboxylic acids is 1. The largest absolute Gasteiger partial charge is 0.478 e. The lowest BCUT2D eigenvalue weighted by molar-refractivity contribution is 0.0699. The fraction of sp³-hybridized carbons (Fsp3) is 0. The van der Waals surface area contributed by atoms with Gasteiger partial charge in [-0.05, 0) is 30.3 Å². The lowest BCUT2D eigenvalue weighted by atomic mass is 10.1. The summed E-state index contributed by atoms with van der Waals surface area (Å²) in [4.78, 5) is 24.6. The summed E-state index contributed by atoms with van der Waals surface area (Å²) < 4.78 is 0. The number of carbonyl (C=O) groups is 2. The zero-order valence-corrected chi connectivity index (χ0v) is 15.5. The Bertz CT molecular complexity index is 1000. The number of carboxylic acid groups (broad SMARTS) is 1. The van der Waals surface area contributed by atoms with Crippen molar-refractivity contribution < 1.29 is 14.7 Å². The number of para-hydroxylation sites is 1. The van der Waals surface area contributed by atoms with Crippen molar-refractivity contribution in [2.45, 2.75) is 0 Å². The van der Waals surface area contributed by atoms with Crippen LogP contribution in [0.25, 0.3) is 0 Å². The van der Waals surface area contributed by atoms with Crippen molar-refractivity contribution in [3.63, 3.8) is 0 Å². The van der Waals surface area contributed by atoms with Crippen molar-refractivity contribution in [2.24, 2.45) is 0 Å². The second kappa shape index (κ2) is 7.37. The molecule has 0 atom stereocenters. The highest BCUT2D eigenvalue weighted by Crippen LogP contribution is 2.39. The first kappa shape index (κ1) is 18.3. The monoisotopic (exact) mass is 406 g/mol. The number of nitrogens with one attached hydrogen (secondary N) is 1. The number of nitrogens with two attached hydrogens (primary N) is 1. The Morgan fingerprint density at radius 2 is 1.77 bits per heavy atom. The molecular formula is C18H12Cl2N2O3S. The molecule has 5 nitrogen and oxygen atoms in total. The summed E-state index contributed by atoms with van der Waals surface area (Å²) in [5.74, 6) is -1.68. The van der Waals surface area contributed by atoms with Crippen LogP contribution in [0, 0.1) is 0 Å². The molecular weight excluding hydrogens is 395 g/mol. The number of halogens is 2.